The van der Waals surface area contributed by atoms with Gasteiger partial charge < -0.3 is 0 Å². The van der Waals surface area contributed by atoms with E-state index in [1.54, 1.807) is 0 Å². The zero-order valence-corrected chi connectivity index (χ0v) is 23.9. The summed E-state index contributed by atoms with van der Waals surface area (Å²) < 4.78 is 0. The Hall–Kier alpha value is -2.47. The van der Waals surface area contributed by atoms with Crippen LogP contribution in [0.3, 0.4) is 0 Å². The highest BCUT2D eigenvalue weighted by Gasteiger charge is 2.41. The van der Waals surface area contributed by atoms with E-state index in [4.69, 9.17) is 0 Å². The van der Waals surface area contributed by atoms with E-state index in [9.17, 15) is 0 Å². The minimum absolute atomic E-state index is 1.36. The maximum Gasteiger partial charge on any atom is 0.179 e. The average molecular weight is 481 g/mol. The summed E-state index contributed by atoms with van der Waals surface area (Å²) in [5.41, 5.74) is 0. The van der Waals surface area contributed by atoms with E-state index >= 15 is 0 Å². The fraction of sp³-hybridized carbons (Fsp3) is 0.200. The van der Waals surface area contributed by atoms with Gasteiger partial charge in [-0.3, -0.25) is 0 Å². The van der Waals surface area contributed by atoms with Crippen molar-refractivity contribution >= 4 is 55.3 Å². The van der Waals surface area contributed by atoms with Crippen molar-refractivity contribution in [2.45, 2.75) is 39.3 Å². The van der Waals surface area contributed by atoms with Crippen LogP contribution in [0.2, 0.25) is 39.3 Å². The van der Waals surface area contributed by atoms with Gasteiger partial charge in [0.25, 0.3) is 0 Å². The van der Waals surface area contributed by atoms with Gasteiger partial charge in [0.1, 0.15) is 0 Å². The van der Waals surface area contributed by atoms with Gasteiger partial charge in [0.05, 0.1) is 16.1 Å². The van der Waals surface area contributed by atoms with E-state index in [-0.39, 0.29) is 0 Å². The lowest BCUT2D eigenvalue weighted by Crippen LogP contribution is -2.75. The third-order valence-electron chi connectivity index (χ3n) is 6.78. The van der Waals surface area contributed by atoms with Crippen molar-refractivity contribution < 1.29 is 0 Å². The molecule has 0 saturated carbocycles. The fourth-order valence-electron chi connectivity index (χ4n) is 4.82. The number of rotatable bonds is 6. The molecule has 0 spiro atoms. The Morgan fingerprint density at radius 2 is 0.545 bits per heavy atom. The molecule has 0 unspecified atom stereocenters. The highest BCUT2D eigenvalue weighted by molar-refractivity contribution is 7.20. The van der Waals surface area contributed by atoms with E-state index in [1.165, 1.54) is 31.1 Å². The Kier molecular flexibility index (Phi) is 6.50. The van der Waals surface area contributed by atoms with Crippen LogP contribution in [0, 0.1) is 0 Å². The largest absolute Gasteiger partial charge is 0.179 e. The molecule has 168 valence electrons. The van der Waals surface area contributed by atoms with Gasteiger partial charge in [0, 0.05) is 0 Å². The maximum absolute atomic E-state index is 2.44. The van der Waals surface area contributed by atoms with Crippen LogP contribution in [0.1, 0.15) is 0 Å². The molecule has 33 heavy (non-hydrogen) atoms. The van der Waals surface area contributed by atoms with Crippen molar-refractivity contribution in [1.29, 1.82) is 0 Å². The molecule has 3 heteroatoms. The van der Waals surface area contributed by atoms with Crippen LogP contribution in [0.25, 0.3) is 0 Å². The number of benzene rings is 4. The molecule has 0 aliphatic heterocycles. The molecule has 0 amide bonds. The zero-order chi connectivity index (χ0) is 23.7. The molecule has 0 aromatic heterocycles. The van der Waals surface area contributed by atoms with Gasteiger partial charge in [0.15, 0.2) is 8.07 Å². The van der Waals surface area contributed by atoms with Crippen molar-refractivity contribution in [2.75, 3.05) is 0 Å². The van der Waals surface area contributed by atoms with E-state index in [0.717, 1.165) is 0 Å². The zero-order valence-electron chi connectivity index (χ0n) is 20.9. The molecule has 4 aromatic carbocycles. The third-order valence-corrected chi connectivity index (χ3v) is 15.7. The molecule has 4 rings (SSSR count). The van der Waals surface area contributed by atoms with Crippen LogP contribution in [-0.2, 0) is 0 Å². The Labute approximate surface area is 203 Å². The van der Waals surface area contributed by atoms with Gasteiger partial charge in [-0.1, -0.05) is 159 Å². The lowest BCUT2D eigenvalue weighted by Gasteiger charge is -2.35. The average Bonchev–Trinajstić information content (AvgIpc) is 2.81. The predicted octanol–water partition coefficient (Wildman–Crippen LogP) is 4.15. The molecule has 0 aliphatic rings. The molecule has 0 atom stereocenters. The van der Waals surface area contributed by atoms with Gasteiger partial charge in [-0.2, -0.15) is 0 Å². The molecule has 0 bridgehead atoms. The van der Waals surface area contributed by atoms with Crippen molar-refractivity contribution in [3.63, 3.8) is 0 Å². The highest BCUT2D eigenvalue weighted by atomic mass is 28.3. The Morgan fingerprint density at radius 1 is 0.303 bits per heavy atom. The maximum atomic E-state index is 2.44. The second-order valence-corrected chi connectivity index (χ2v) is 25.1. The molecule has 0 N–H and O–H groups in total. The quantitative estimate of drug-likeness (QED) is 0.287. The number of hydrogen-bond donors (Lipinski definition) is 0. The van der Waals surface area contributed by atoms with E-state index in [1.807, 2.05) is 0 Å². The van der Waals surface area contributed by atoms with Gasteiger partial charge >= 0.3 is 0 Å². The molecule has 0 radical (unpaired) electrons. The first-order valence-corrected chi connectivity index (χ1v) is 21.0. The molecule has 4 aromatic rings. The van der Waals surface area contributed by atoms with Gasteiger partial charge in [-0.25, -0.2) is 0 Å². The normalized spacial score (nSPS) is 12.5. The molecule has 0 nitrogen and oxygen atoms in total. The summed E-state index contributed by atoms with van der Waals surface area (Å²) >= 11 is 0. The van der Waals surface area contributed by atoms with Crippen molar-refractivity contribution in [3.05, 3.63) is 109 Å². The summed E-state index contributed by atoms with van der Waals surface area (Å²) in [4.78, 5) is 0. The lowest BCUT2D eigenvalue weighted by molar-refractivity contribution is 1.65. The molecule has 0 saturated heterocycles. The summed E-state index contributed by atoms with van der Waals surface area (Å²) in [5.74, 6) is 0. The first-order valence-electron chi connectivity index (χ1n) is 12.0. The first kappa shape index (κ1) is 23.7. The summed E-state index contributed by atoms with van der Waals surface area (Å²) in [7, 11) is -5.16. The van der Waals surface area contributed by atoms with Crippen LogP contribution in [0.15, 0.2) is 109 Å². The fourth-order valence-corrected chi connectivity index (χ4v) is 11.9. The van der Waals surface area contributed by atoms with E-state index < -0.39 is 24.2 Å². The molecule has 0 heterocycles. The minimum atomic E-state index is -2.43. The summed E-state index contributed by atoms with van der Waals surface area (Å²) in [6.07, 6.45) is 0. The summed E-state index contributed by atoms with van der Waals surface area (Å²) in [5, 5.41) is 8.84. The van der Waals surface area contributed by atoms with Gasteiger partial charge in [-0.05, 0) is 20.7 Å². The monoisotopic (exact) mass is 480 g/mol. The topological polar surface area (TPSA) is 0 Å². The smallest absolute Gasteiger partial charge is 0.0656 e. The summed E-state index contributed by atoms with van der Waals surface area (Å²) in [6, 6.07) is 41.8. The van der Waals surface area contributed by atoms with Crippen LogP contribution in [-0.4, -0.2) is 24.2 Å². The first-order chi connectivity index (χ1) is 15.6. The van der Waals surface area contributed by atoms with Crippen LogP contribution < -0.4 is 31.1 Å². The third kappa shape index (κ3) is 4.63. The highest BCUT2D eigenvalue weighted by Crippen LogP contribution is 2.11. The minimum Gasteiger partial charge on any atom is -0.0656 e. The Bertz CT molecular complexity index is 1080. The lowest BCUT2D eigenvalue weighted by atomic mass is 10.3. The van der Waals surface area contributed by atoms with Gasteiger partial charge in [-0.15, -0.1) is 0 Å². The van der Waals surface area contributed by atoms with Crippen molar-refractivity contribution in [3.8, 4) is 0 Å². The Morgan fingerprint density at radius 3 is 0.818 bits per heavy atom. The molecule has 0 aliphatic carbocycles. The van der Waals surface area contributed by atoms with Crippen molar-refractivity contribution in [1.82, 2.24) is 0 Å². The van der Waals surface area contributed by atoms with Crippen molar-refractivity contribution in [2.24, 2.45) is 0 Å². The second-order valence-electron chi connectivity index (χ2n) is 11.1. The molecular formula is C30H36Si3. The Balaban J connectivity index is 2.04. The van der Waals surface area contributed by atoms with Gasteiger partial charge in [0.2, 0.25) is 0 Å². The molecular weight excluding hydrogens is 445 g/mol. The SMILES string of the molecule is C[Si](C)(C)c1ccc([Si](c2ccccc2)(c2ccccc2)c2ccc([Si](C)(C)C)cc2)cc1. The predicted molar refractivity (Wildman–Crippen MR) is 156 cm³/mol. The van der Waals surface area contributed by atoms with Crippen LogP contribution in [0.5, 0.6) is 0 Å². The standard InChI is InChI=1S/C30H36Si3/c1-31(2,3)25-17-21-29(22-18-25)33(27-13-9-7-10-14-27,28-15-11-8-12-16-28)30-23-19-26(20-24-30)32(4,5)6/h7-24H,1-6H3. The van der Waals surface area contributed by atoms with Crippen LogP contribution >= 0.6 is 0 Å². The van der Waals surface area contributed by atoms with E-state index in [2.05, 4.69) is 148 Å². The van der Waals surface area contributed by atoms with Crippen LogP contribution in [0.4, 0.5) is 0 Å². The van der Waals surface area contributed by atoms with E-state index in [0.29, 0.717) is 0 Å². The molecule has 0 fully saturated rings. The second kappa shape index (κ2) is 9.05. The summed E-state index contributed by atoms with van der Waals surface area (Å²) in [6.45, 7) is 14.6. The number of hydrogen-bond acceptors (Lipinski definition) is 0.